The van der Waals surface area contributed by atoms with Crippen molar-refractivity contribution in [1.82, 2.24) is 9.88 Å². The molecule has 1 rings (SSSR count). The molecule has 1 heterocycles. The minimum absolute atomic E-state index is 0.0788. The van der Waals surface area contributed by atoms with E-state index in [0.717, 1.165) is 6.42 Å². The molecular formula is C12H19N3O2S. The van der Waals surface area contributed by atoms with Gasteiger partial charge in [-0.05, 0) is 12.3 Å². The predicted molar refractivity (Wildman–Crippen MR) is 72.5 cm³/mol. The van der Waals surface area contributed by atoms with Gasteiger partial charge in [0.1, 0.15) is 0 Å². The Balaban J connectivity index is 2.45. The number of aromatic nitrogens is 1. The standard InChI is InChI=1S/C12H19N3O2S/c1-9(2)4-6-15(10(3)16)8-11(17)14-12-13-5-7-18-12/h5,7,9H,4,6,8H2,1-3H3,(H,13,14,17). The van der Waals surface area contributed by atoms with E-state index in [0.29, 0.717) is 17.6 Å². The van der Waals surface area contributed by atoms with Gasteiger partial charge < -0.3 is 10.2 Å². The number of anilines is 1. The third-order valence-corrected chi connectivity index (χ3v) is 3.12. The molecule has 0 atom stereocenters. The minimum Gasteiger partial charge on any atom is -0.334 e. The normalized spacial score (nSPS) is 10.4. The molecule has 5 nitrogen and oxygen atoms in total. The van der Waals surface area contributed by atoms with Crippen molar-refractivity contribution in [2.75, 3.05) is 18.4 Å². The van der Waals surface area contributed by atoms with Crippen LogP contribution in [0.4, 0.5) is 5.13 Å². The summed E-state index contributed by atoms with van der Waals surface area (Å²) < 4.78 is 0. The first-order valence-corrected chi connectivity index (χ1v) is 6.82. The largest absolute Gasteiger partial charge is 0.334 e. The molecule has 0 aliphatic rings. The van der Waals surface area contributed by atoms with Crippen molar-refractivity contribution in [1.29, 1.82) is 0 Å². The molecule has 1 aromatic rings. The molecule has 18 heavy (non-hydrogen) atoms. The van der Waals surface area contributed by atoms with Gasteiger partial charge in [-0.3, -0.25) is 9.59 Å². The summed E-state index contributed by atoms with van der Waals surface area (Å²) in [5.41, 5.74) is 0. The molecular weight excluding hydrogens is 250 g/mol. The maximum atomic E-state index is 11.7. The van der Waals surface area contributed by atoms with Crippen LogP contribution in [0.15, 0.2) is 11.6 Å². The van der Waals surface area contributed by atoms with Crippen LogP contribution in [0.25, 0.3) is 0 Å². The first-order valence-electron chi connectivity index (χ1n) is 5.94. The number of hydrogen-bond donors (Lipinski definition) is 1. The molecule has 2 amide bonds. The van der Waals surface area contributed by atoms with Crippen molar-refractivity contribution in [2.45, 2.75) is 27.2 Å². The lowest BCUT2D eigenvalue weighted by Crippen LogP contribution is -2.37. The zero-order valence-electron chi connectivity index (χ0n) is 11.0. The Morgan fingerprint density at radius 1 is 1.50 bits per heavy atom. The van der Waals surface area contributed by atoms with Crippen LogP contribution in [0.1, 0.15) is 27.2 Å². The fourth-order valence-electron chi connectivity index (χ4n) is 1.38. The van der Waals surface area contributed by atoms with Gasteiger partial charge in [0.15, 0.2) is 5.13 Å². The van der Waals surface area contributed by atoms with Gasteiger partial charge in [0.2, 0.25) is 11.8 Å². The van der Waals surface area contributed by atoms with Gasteiger partial charge in [0.25, 0.3) is 0 Å². The fraction of sp³-hybridized carbons (Fsp3) is 0.583. The van der Waals surface area contributed by atoms with E-state index >= 15 is 0 Å². The van der Waals surface area contributed by atoms with E-state index in [1.54, 1.807) is 16.5 Å². The number of nitrogens with one attached hydrogen (secondary N) is 1. The monoisotopic (exact) mass is 269 g/mol. The molecule has 0 radical (unpaired) electrons. The van der Waals surface area contributed by atoms with E-state index in [1.807, 2.05) is 0 Å². The molecule has 100 valence electrons. The summed E-state index contributed by atoms with van der Waals surface area (Å²) >= 11 is 1.36. The van der Waals surface area contributed by atoms with Gasteiger partial charge in [-0.15, -0.1) is 11.3 Å². The molecule has 0 fully saturated rings. The Morgan fingerprint density at radius 3 is 2.72 bits per heavy atom. The van der Waals surface area contributed by atoms with Gasteiger partial charge in [0, 0.05) is 25.0 Å². The summed E-state index contributed by atoms with van der Waals surface area (Å²) in [5.74, 6) is 0.225. The topological polar surface area (TPSA) is 62.3 Å². The van der Waals surface area contributed by atoms with Crippen LogP contribution >= 0.6 is 11.3 Å². The average Bonchev–Trinajstić information content (AvgIpc) is 2.76. The Morgan fingerprint density at radius 2 is 2.22 bits per heavy atom. The van der Waals surface area contributed by atoms with Crippen LogP contribution in [0.5, 0.6) is 0 Å². The number of rotatable bonds is 6. The molecule has 6 heteroatoms. The number of carbonyl (C=O) groups is 2. The molecule has 1 N–H and O–H groups in total. The van der Waals surface area contributed by atoms with E-state index in [1.165, 1.54) is 18.3 Å². The van der Waals surface area contributed by atoms with Crippen molar-refractivity contribution >= 4 is 28.3 Å². The highest BCUT2D eigenvalue weighted by atomic mass is 32.1. The highest BCUT2D eigenvalue weighted by Gasteiger charge is 2.14. The quantitative estimate of drug-likeness (QED) is 0.859. The van der Waals surface area contributed by atoms with Crippen LogP contribution in [0, 0.1) is 5.92 Å². The molecule has 0 aromatic carbocycles. The average molecular weight is 269 g/mol. The summed E-state index contributed by atoms with van der Waals surface area (Å²) in [5, 5.41) is 5.02. The predicted octanol–water partition coefficient (Wildman–Crippen LogP) is 1.98. The first kappa shape index (κ1) is 14.6. The summed E-state index contributed by atoms with van der Waals surface area (Å²) in [6.45, 7) is 6.36. The Hall–Kier alpha value is -1.43. The van der Waals surface area contributed by atoms with Crippen molar-refractivity contribution in [3.63, 3.8) is 0 Å². The Kier molecular flexibility index (Phi) is 5.77. The summed E-state index contributed by atoms with van der Waals surface area (Å²) in [6.07, 6.45) is 2.52. The second-order valence-electron chi connectivity index (χ2n) is 4.51. The minimum atomic E-state index is -0.205. The lowest BCUT2D eigenvalue weighted by Gasteiger charge is -2.21. The Bertz CT molecular complexity index is 390. The molecule has 0 bridgehead atoms. The van der Waals surface area contributed by atoms with Gasteiger partial charge in [-0.25, -0.2) is 4.98 Å². The molecule has 0 unspecified atom stereocenters. The zero-order chi connectivity index (χ0) is 13.5. The van der Waals surface area contributed by atoms with E-state index in [4.69, 9.17) is 0 Å². The summed E-state index contributed by atoms with van der Waals surface area (Å²) in [6, 6.07) is 0. The van der Waals surface area contributed by atoms with Gasteiger partial charge in [-0.1, -0.05) is 13.8 Å². The first-order chi connectivity index (χ1) is 8.49. The summed E-state index contributed by atoms with van der Waals surface area (Å²) in [4.78, 5) is 28.7. The lowest BCUT2D eigenvalue weighted by atomic mass is 10.1. The highest BCUT2D eigenvalue weighted by Crippen LogP contribution is 2.10. The van der Waals surface area contributed by atoms with Crippen molar-refractivity contribution in [3.05, 3.63) is 11.6 Å². The molecule has 0 spiro atoms. The van der Waals surface area contributed by atoms with Crippen molar-refractivity contribution in [3.8, 4) is 0 Å². The van der Waals surface area contributed by atoms with Crippen LogP contribution in [-0.4, -0.2) is 34.8 Å². The van der Waals surface area contributed by atoms with Crippen molar-refractivity contribution < 1.29 is 9.59 Å². The third-order valence-electron chi connectivity index (χ3n) is 2.43. The third kappa shape index (κ3) is 5.27. The molecule has 0 saturated heterocycles. The van der Waals surface area contributed by atoms with Crippen LogP contribution < -0.4 is 5.32 Å². The molecule has 1 aromatic heterocycles. The van der Waals surface area contributed by atoms with Crippen LogP contribution in [0.3, 0.4) is 0 Å². The van der Waals surface area contributed by atoms with E-state index < -0.39 is 0 Å². The van der Waals surface area contributed by atoms with E-state index in [-0.39, 0.29) is 18.4 Å². The second-order valence-corrected chi connectivity index (χ2v) is 5.40. The number of carbonyl (C=O) groups excluding carboxylic acids is 2. The van der Waals surface area contributed by atoms with E-state index in [2.05, 4.69) is 24.1 Å². The molecule has 0 aliphatic carbocycles. The zero-order valence-corrected chi connectivity index (χ0v) is 11.8. The smallest absolute Gasteiger partial charge is 0.245 e. The SMILES string of the molecule is CC(=O)N(CCC(C)C)CC(=O)Nc1nccs1. The summed E-state index contributed by atoms with van der Waals surface area (Å²) in [7, 11) is 0. The number of nitrogens with zero attached hydrogens (tertiary/aromatic N) is 2. The number of amides is 2. The number of hydrogen-bond acceptors (Lipinski definition) is 4. The Labute approximate surface area is 111 Å². The molecule has 0 aliphatic heterocycles. The van der Waals surface area contributed by atoms with Crippen LogP contribution in [0.2, 0.25) is 0 Å². The molecule has 0 saturated carbocycles. The van der Waals surface area contributed by atoms with Gasteiger partial charge >= 0.3 is 0 Å². The van der Waals surface area contributed by atoms with E-state index in [9.17, 15) is 9.59 Å². The fourth-order valence-corrected chi connectivity index (χ4v) is 1.92. The lowest BCUT2D eigenvalue weighted by molar-refractivity contribution is -0.132. The van der Waals surface area contributed by atoms with Gasteiger partial charge in [0.05, 0.1) is 6.54 Å². The highest BCUT2D eigenvalue weighted by molar-refractivity contribution is 7.13. The van der Waals surface area contributed by atoms with Crippen LogP contribution in [-0.2, 0) is 9.59 Å². The van der Waals surface area contributed by atoms with Gasteiger partial charge in [-0.2, -0.15) is 0 Å². The van der Waals surface area contributed by atoms with Crippen molar-refractivity contribution in [2.24, 2.45) is 5.92 Å². The number of thiazole rings is 1. The maximum absolute atomic E-state index is 11.7. The maximum Gasteiger partial charge on any atom is 0.245 e. The second kappa shape index (κ2) is 7.10.